The molecule has 0 bridgehead atoms. The van der Waals surface area contributed by atoms with E-state index in [1.54, 1.807) is 6.92 Å². The largest absolute Gasteiger partial charge is 0.481 e. The highest BCUT2D eigenvalue weighted by Gasteiger charge is 2.22. The van der Waals surface area contributed by atoms with Crippen molar-refractivity contribution in [3.05, 3.63) is 11.6 Å². The summed E-state index contributed by atoms with van der Waals surface area (Å²) in [6.45, 7) is 3.73. The number of allylic oxidation sites excluding steroid dienone is 1. The summed E-state index contributed by atoms with van der Waals surface area (Å²) in [5, 5.41) is 17.4. The highest BCUT2D eigenvalue weighted by Crippen LogP contribution is 2.16. The Labute approximate surface area is 89.6 Å². The number of hydrogen-bond acceptors (Lipinski definition) is 2. The van der Waals surface area contributed by atoms with Gasteiger partial charge in [0.1, 0.15) is 0 Å². The number of aliphatic carboxylic acids is 2. The summed E-state index contributed by atoms with van der Waals surface area (Å²) in [5.41, 5.74) is 0.637. The van der Waals surface area contributed by atoms with E-state index in [1.165, 1.54) is 0 Å². The monoisotopic (exact) mass is 214 g/mol. The van der Waals surface area contributed by atoms with E-state index in [1.807, 2.05) is 6.08 Å². The Hall–Kier alpha value is -1.32. The zero-order valence-electron chi connectivity index (χ0n) is 9.19. The van der Waals surface area contributed by atoms with E-state index in [2.05, 4.69) is 6.92 Å². The molecule has 86 valence electrons. The average molecular weight is 214 g/mol. The van der Waals surface area contributed by atoms with Crippen LogP contribution in [-0.4, -0.2) is 22.2 Å². The molecule has 0 saturated heterocycles. The Kier molecular flexibility index (Phi) is 6.42. The smallest absolute Gasteiger partial charge is 0.311 e. The number of carboxylic acids is 2. The van der Waals surface area contributed by atoms with Gasteiger partial charge in [-0.2, -0.15) is 0 Å². The highest BCUT2D eigenvalue weighted by atomic mass is 16.4. The van der Waals surface area contributed by atoms with Crippen LogP contribution in [0.15, 0.2) is 11.6 Å². The topological polar surface area (TPSA) is 74.6 Å². The van der Waals surface area contributed by atoms with E-state index in [0.717, 1.165) is 19.3 Å². The maximum absolute atomic E-state index is 10.8. The Balaban J connectivity index is 4.40. The SMILES string of the molecule is CCCC/C=C(\C)C(CC(=O)O)C(=O)O. The first-order valence-corrected chi connectivity index (χ1v) is 5.10. The van der Waals surface area contributed by atoms with Crippen LogP contribution in [0.5, 0.6) is 0 Å². The van der Waals surface area contributed by atoms with Crippen LogP contribution < -0.4 is 0 Å². The fourth-order valence-electron chi connectivity index (χ4n) is 1.29. The number of hydrogen-bond donors (Lipinski definition) is 2. The maximum atomic E-state index is 10.8. The third-order valence-electron chi connectivity index (χ3n) is 2.25. The molecule has 0 aliphatic rings. The first-order valence-electron chi connectivity index (χ1n) is 5.10. The van der Waals surface area contributed by atoms with Gasteiger partial charge in [0.25, 0.3) is 0 Å². The maximum Gasteiger partial charge on any atom is 0.311 e. The van der Waals surface area contributed by atoms with Gasteiger partial charge < -0.3 is 10.2 Å². The zero-order chi connectivity index (χ0) is 11.8. The van der Waals surface area contributed by atoms with E-state index >= 15 is 0 Å². The quantitative estimate of drug-likeness (QED) is 0.503. The molecule has 0 aliphatic heterocycles. The molecular weight excluding hydrogens is 196 g/mol. The molecule has 0 aliphatic carbocycles. The van der Waals surface area contributed by atoms with Crippen molar-refractivity contribution in [3.8, 4) is 0 Å². The van der Waals surface area contributed by atoms with Crippen molar-refractivity contribution >= 4 is 11.9 Å². The molecule has 0 aromatic carbocycles. The van der Waals surface area contributed by atoms with Gasteiger partial charge in [0.15, 0.2) is 0 Å². The molecule has 0 aromatic heterocycles. The highest BCUT2D eigenvalue weighted by molar-refractivity contribution is 5.80. The van der Waals surface area contributed by atoms with Crippen LogP contribution in [-0.2, 0) is 9.59 Å². The number of unbranched alkanes of at least 4 members (excludes halogenated alkanes) is 2. The second kappa shape index (κ2) is 7.04. The molecule has 4 heteroatoms. The van der Waals surface area contributed by atoms with Crippen molar-refractivity contribution in [1.82, 2.24) is 0 Å². The van der Waals surface area contributed by atoms with E-state index in [-0.39, 0.29) is 6.42 Å². The Bertz CT molecular complexity index is 255. The molecule has 2 N–H and O–H groups in total. The van der Waals surface area contributed by atoms with Gasteiger partial charge in [-0.05, 0) is 13.3 Å². The number of rotatable bonds is 7. The van der Waals surface area contributed by atoms with E-state index in [0.29, 0.717) is 5.57 Å². The van der Waals surface area contributed by atoms with Crippen LogP contribution in [0.25, 0.3) is 0 Å². The van der Waals surface area contributed by atoms with Crippen LogP contribution >= 0.6 is 0 Å². The lowest BCUT2D eigenvalue weighted by molar-refractivity contribution is -0.146. The lowest BCUT2D eigenvalue weighted by Crippen LogP contribution is -2.18. The fourth-order valence-corrected chi connectivity index (χ4v) is 1.29. The molecule has 0 amide bonds. The second-order valence-corrected chi connectivity index (χ2v) is 3.58. The fraction of sp³-hybridized carbons (Fsp3) is 0.636. The molecule has 15 heavy (non-hydrogen) atoms. The molecule has 0 rings (SSSR count). The molecular formula is C11H18O4. The molecule has 0 heterocycles. The first kappa shape index (κ1) is 13.7. The number of carbonyl (C=O) groups is 2. The van der Waals surface area contributed by atoms with Gasteiger partial charge in [0.05, 0.1) is 12.3 Å². The van der Waals surface area contributed by atoms with Crippen molar-refractivity contribution in [2.24, 2.45) is 5.92 Å². The molecule has 0 fully saturated rings. The average Bonchev–Trinajstić information content (AvgIpc) is 2.13. The summed E-state index contributed by atoms with van der Waals surface area (Å²) in [4.78, 5) is 21.3. The molecule has 1 unspecified atom stereocenters. The lowest BCUT2D eigenvalue weighted by atomic mass is 9.96. The van der Waals surface area contributed by atoms with Crippen molar-refractivity contribution < 1.29 is 19.8 Å². The third-order valence-corrected chi connectivity index (χ3v) is 2.25. The summed E-state index contributed by atoms with van der Waals surface area (Å²) in [5.74, 6) is -3.03. The van der Waals surface area contributed by atoms with Gasteiger partial charge in [-0.3, -0.25) is 9.59 Å². The Morgan fingerprint density at radius 3 is 2.33 bits per heavy atom. The number of carboxylic acid groups (broad SMARTS) is 2. The van der Waals surface area contributed by atoms with Crippen LogP contribution in [0, 0.1) is 5.92 Å². The predicted octanol–water partition coefficient (Wildman–Crippen LogP) is 2.30. The van der Waals surface area contributed by atoms with Crippen LogP contribution in [0.1, 0.15) is 39.5 Å². The van der Waals surface area contributed by atoms with Crippen molar-refractivity contribution in [2.75, 3.05) is 0 Å². The molecule has 0 aromatic rings. The van der Waals surface area contributed by atoms with Gasteiger partial charge in [0.2, 0.25) is 0 Å². The minimum absolute atomic E-state index is 0.343. The van der Waals surface area contributed by atoms with Gasteiger partial charge in [0, 0.05) is 0 Å². The molecule has 0 saturated carbocycles. The minimum Gasteiger partial charge on any atom is -0.481 e. The lowest BCUT2D eigenvalue weighted by Gasteiger charge is -2.10. The molecule has 0 radical (unpaired) electrons. The van der Waals surface area contributed by atoms with Gasteiger partial charge >= 0.3 is 11.9 Å². The van der Waals surface area contributed by atoms with Crippen LogP contribution in [0.3, 0.4) is 0 Å². The van der Waals surface area contributed by atoms with Crippen molar-refractivity contribution in [3.63, 3.8) is 0 Å². The standard InChI is InChI=1S/C11H18O4/c1-3-4-5-6-8(2)9(11(14)15)7-10(12)13/h6,9H,3-5,7H2,1-2H3,(H,12,13)(H,14,15)/b8-6+. The molecule has 1 atom stereocenters. The van der Waals surface area contributed by atoms with Crippen LogP contribution in [0.2, 0.25) is 0 Å². The van der Waals surface area contributed by atoms with Gasteiger partial charge in [-0.15, -0.1) is 0 Å². The normalized spacial score (nSPS) is 13.6. The molecule has 0 spiro atoms. The third kappa shape index (κ3) is 5.88. The summed E-state index contributed by atoms with van der Waals surface area (Å²) >= 11 is 0. The van der Waals surface area contributed by atoms with E-state index in [9.17, 15) is 9.59 Å². The Morgan fingerprint density at radius 1 is 1.33 bits per heavy atom. The van der Waals surface area contributed by atoms with E-state index in [4.69, 9.17) is 10.2 Å². The van der Waals surface area contributed by atoms with Crippen molar-refractivity contribution in [1.29, 1.82) is 0 Å². The minimum atomic E-state index is -1.08. The first-order chi connectivity index (χ1) is 6.99. The van der Waals surface area contributed by atoms with Crippen molar-refractivity contribution in [2.45, 2.75) is 39.5 Å². The van der Waals surface area contributed by atoms with Gasteiger partial charge in [-0.25, -0.2) is 0 Å². The summed E-state index contributed by atoms with van der Waals surface area (Å²) in [6.07, 6.45) is 4.33. The second-order valence-electron chi connectivity index (χ2n) is 3.58. The predicted molar refractivity (Wildman–Crippen MR) is 56.7 cm³/mol. The van der Waals surface area contributed by atoms with Gasteiger partial charge in [-0.1, -0.05) is 31.4 Å². The summed E-state index contributed by atoms with van der Waals surface area (Å²) in [6, 6.07) is 0. The summed E-state index contributed by atoms with van der Waals surface area (Å²) < 4.78 is 0. The Morgan fingerprint density at radius 2 is 1.93 bits per heavy atom. The summed E-state index contributed by atoms with van der Waals surface area (Å²) in [7, 11) is 0. The van der Waals surface area contributed by atoms with E-state index < -0.39 is 17.9 Å². The van der Waals surface area contributed by atoms with Crippen LogP contribution in [0.4, 0.5) is 0 Å². The molecule has 4 nitrogen and oxygen atoms in total. The zero-order valence-corrected chi connectivity index (χ0v) is 9.19.